The first-order valence-corrected chi connectivity index (χ1v) is 11.4. The maximum Gasteiger partial charge on any atom is 0.257 e. The number of nitrogens with zero attached hydrogens (tertiary/aromatic N) is 1. The number of nitrogens with one attached hydrogen (secondary N) is 3. The molecule has 1 aliphatic heterocycles. The lowest BCUT2D eigenvalue weighted by atomic mass is 9.92. The van der Waals surface area contributed by atoms with Gasteiger partial charge >= 0.3 is 0 Å². The molecule has 0 aliphatic carbocycles. The molecular formula is C24H24N4O3S. The van der Waals surface area contributed by atoms with E-state index in [4.69, 9.17) is 0 Å². The van der Waals surface area contributed by atoms with Crippen LogP contribution in [0.15, 0.2) is 58.5 Å². The van der Waals surface area contributed by atoms with Gasteiger partial charge in [-0.15, -0.1) is 0 Å². The first kappa shape index (κ1) is 21.8. The molecule has 0 radical (unpaired) electrons. The molecule has 0 saturated carbocycles. The number of aromatic nitrogens is 2. The number of carbonyl (C=O) groups excluding carboxylic acids is 2. The average Bonchev–Trinajstić information content (AvgIpc) is 2.73. The number of fused-ring (bicyclic) bond motifs is 1. The molecular weight excluding hydrogens is 424 g/mol. The Morgan fingerprint density at radius 1 is 1.12 bits per heavy atom. The minimum absolute atomic E-state index is 0.102. The van der Waals surface area contributed by atoms with Gasteiger partial charge in [0.1, 0.15) is 5.82 Å². The molecule has 0 saturated heterocycles. The summed E-state index contributed by atoms with van der Waals surface area (Å²) in [5.41, 5.74) is 3.64. The summed E-state index contributed by atoms with van der Waals surface area (Å²) >= 11 is 1.40. The minimum Gasteiger partial charge on any atom is -0.326 e. The van der Waals surface area contributed by atoms with Gasteiger partial charge in [0.05, 0.1) is 11.5 Å². The van der Waals surface area contributed by atoms with E-state index in [0.717, 1.165) is 23.3 Å². The number of aromatic amines is 1. The van der Waals surface area contributed by atoms with E-state index in [1.165, 1.54) is 17.3 Å². The van der Waals surface area contributed by atoms with Crippen molar-refractivity contribution in [1.29, 1.82) is 0 Å². The molecule has 8 heteroatoms. The highest BCUT2D eigenvalue weighted by molar-refractivity contribution is 7.99. The smallest absolute Gasteiger partial charge is 0.257 e. The number of thioether (sulfide) groups is 1. The predicted molar refractivity (Wildman–Crippen MR) is 126 cm³/mol. The van der Waals surface area contributed by atoms with Gasteiger partial charge in [0, 0.05) is 17.9 Å². The maximum atomic E-state index is 13.0. The Bertz CT molecular complexity index is 1200. The van der Waals surface area contributed by atoms with E-state index in [-0.39, 0.29) is 23.7 Å². The summed E-state index contributed by atoms with van der Waals surface area (Å²) in [6.07, 6.45) is 0.717. The largest absolute Gasteiger partial charge is 0.326 e. The van der Waals surface area contributed by atoms with E-state index >= 15 is 0 Å². The van der Waals surface area contributed by atoms with Crippen LogP contribution in [0, 0.1) is 13.8 Å². The van der Waals surface area contributed by atoms with E-state index in [1.54, 1.807) is 0 Å². The van der Waals surface area contributed by atoms with Crippen molar-refractivity contribution in [3.05, 3.63) is 81.1 Å². The highest BCUT2D eigenvalue weighted by Gasteiger charge is 2.34. The summed E-state index contributed by atoms with van der Waals surface area (Å²) < 4.78 is 0. The first-order chi connectivity index (χ1) is 15.4. The summed E-state index contributed by atoms with van der Waals surface area (Å²) in [4.78, 5) is 45.3. The summed E-state index contributed by atoms with van der Waals surface area (Å²) in [5, 5.41) is 5.91. The number of carbonyl (C=O) groups is 2. The van der Waals surface area contributed by atoms with Gasteiger partial charge in [-0.3, -0.25) is 14.4 Å². The van der Waals surface area contributed by atoms with Crippen molar-refractivity contribution in [3.8, 4) is 0 Å². The Balaban J connectivity index is 1.53. The van der Waals surface area contributed by atoms with Crippen LogP contribution in [0.2, 0.25) is 0 Å². The molecule has 1 aliphatic rings. The van der Waals surface area contributed by atoms with Gasteiger partial charge in [0.2, 0.25) is 11.8 Å². The molecule has 0 fully saturated rings. The van der Waals surface area contributed by atoms with Crippen LogP contribution in [-0.4, -0.2) is 27.5 Å². The zero-order valence-electron chi connectivity index (χ0n) is 17.9. The van der Waals surface area contributed by atoms with Crippen molar-refractivity contribution in [3.63, 3.8) is 0 Å². The fraction of sp³-hybridized carbons (Fsp3) is 0.250. The summed E-state index contributed by atoms with van der Waals surface area (Å²) in [7, 11) is 0. The Hall–Kier alpha value is -3.39. The number of H-pyrrole nitrogens is 1. The summed E-state index contributed by atoms with van der Waals surface area (Å²) in [6.45, 7) is 3.88. The van der Waals surface area contributed by atoms with Crippen molar-refractivity contribution in [1.82, 2.24) is 9.97 Å². The summed E-state index contributed by atoms with van der Waals surface area (Å²) in [6, 6.07) is 15.7. The highest BCUT2D eigenvalue weighted by Crippen LogP contribution is 2.30. The molecule has 0 spiro atoms. The van der Waals surface area contributed by atoms with Crippen LogP contribution in [0.5, 0.6) is 0 Å². The number of rotatable bonds is 6. The van der Waals surface area contributed by atoms with Crippen LogP contribution in [0.4, 0.5) is 11.5 Å². The molecule has 1 atom stereocenters. The Labute approximate surface area is 190 Å². The monoisotopic (exact) mass is 448 g/mol. The van der Waals surface area contributed by atoms with Crippen molar-refractivity contribution in [2.45, 2.75) is 37.8 Å². The number of anilines is 2. The number of amides is 2. The second kappa shape index (κ2) is 9.40. The molecule has 164 valence electrons. The third-order valence-corrected chi connectivity index (χ3v) is 6.08. The van der Waals surface area contributed by atoms with Crippen molar-refractivity contribution >= 4 is 35.1 Å². The second-order valence-corrected chi connectivity index (χ2v) is 8.97. The van der Waals surface area contributed by atoms with Crippen LogP contribution in [0.25, 0.3) is 0 Å². The SMILES string of the molecule is Cc1cc(C)cc(NC(=O)[C@H]2CC(=O)Nc3nc(SCCc4ccccc4)[nH]c(=O)c32)c1. The molecule has 1 aromatic heterocycles. The van der Waals surface area contributed by atoms with E-state index in [2.05, 4.69) is 20.6 Å². The minimum atomic E-state index is -0.904. The Morgan fingerprint density at radius 3 is 2.56 bits per heavy atom. The lowest BCUT2D eigenvalue weighted by Crippen LogP contribution is -2.36. The van der Waals surface area contributed by atoms with Crippen LogP contribution in [-0.2, 0) is 16.0 Å². The quantitative estimate of drug-likeness (QED) is 0.393. The van der Waals surface area contributed by atoms with E-state index in [1.807, 2.05) is 62.4 Å². The van der Waals surface area contributed by atoms with Gasteiger partial charge in [-0.1, -0.05) is 48.2 Å². The Kier molecular flexibility index (Phi) is 6.41. The topological polar surface area (TPSA) is 104 Å². The molecule has 2 heterocycles. The molecule has 3 N–H and O–H groups in total. The number of benzene rings is 2. The van der Waals surface area contributed by atoms with Crippen molar-refractivity contribution in [2.75, 3.05) is 16.4 Å². The lowest BCUT2D eigenvalue weighted by molar-refractivity contribution is -0.123. The average molecular weight is 449 g/mol. The normalized spacial score (nSPS) is 15.1. The van der Waals surface area contributed by atoms with Crippen molar-refractivity contribution in [2.24, 2.45) is 0 Å². The van der Waals surface area contributed by atoms with Crippen LogP contribution < -0.4 is 16.2 Å². The first-order valence-electron chi connectivity index (χ1n) is 10.4. The third kappa shape index (κ3) is 5.08. The van der Waals surface area contributed by atoms with Gasteiger partial charge in [-0.05, 0) is 49.1 Å². The van der Waals surface area contributed by atoms with E-state index in [9.17, 15) is 14.4 Å². The molecule has 7 nitrogen and oxygen atoms in total. The van der Waals surface area contributed by atoms with Crippen LogP contribution in [0.1, 0.15) is 34.6 Å². The fourth-order valence-corrected chi connectivity index (χ4v) is 4.68. The van der Waals surface area contributed by atoms with Crippen molar-refractivity contribution < 1.29 is 9.59 Å². The zero-order valence-corrected chi connectivity index (χ0v) is 18.7. The second-order valence-electron chi connectivity index (χ2n) is 7.89. The molecule has 32 heavy (non-hydrogen) atoms. The van der Waals surface area contributed by atoms with Gasteiger partial charge in [-0.25, -0.2) is 4.98 Å². The van der Waals surface area contributed by atoms with Gasteiger partial charge in [-0.2, -0.15) is 0 Å². The van der Waals surface area contributed by atoms with E-state index in [0.29, 0.717) is 10.8 Å². The number of hydrogen-bond donors (Lipinski definition) is 3. The zero-order chi connectivity index (χ0) is 22.7. The molecule has 2 amide bonds. The number of aryl methyl sites for hydroxylation is 3. The van der Waals surface area contributed by atoms with E-state index < -0.39 is 17.4 Å². The number of hydrogen-bond acceptors (Lipinski definition) is 5. The Morgan fingerprint density at radius 2 is 1.84 bits per heavy atom. The fourth-order valence-electron chi connectivity index (χ4n) is 3.83. The van der Waals surface area contributed by atoms with Crippen LogP contribution in [0.3, 0.4) is 0 Å². The highest BCUT2D eigenvalue weighted by atomic mass is 32.2. The molecule has 4 rings (SSSR count). The van der Waals surface area contributed by atoms with Gasteiger partial charge < -0.3 is 15.6 Å². The predicted octanol–water partition coefficient (Wildman–Crippen LogP) is 3.79. The molecule has 2 aromatic carbocycles. The molecule has 0 bridgehead atoms. The molecule has 0 unspecified atom stereocenters. The summed E-state index contributed by atoms with van der Waals surface area (Å²) in [5.74, 6) is -0.762. The van der Waals surface area contributed by atoms with Gasteiger partial charge in [0.25, 0.3) is 5.56 Å². The molecule has 3 aromatic rings. The standard InChI is InChI=1S/C24H24N4O3S/c1-14-10-15(2)12-17(11-14)25-22(30)18-13-19(29)26-21-20(18)23(31)28-24(27-21)32-9-8-16-6-4-3-5-7-16/h3-7,10-12,18H,8-9,13H2,1-2H3,(H,25,30)(H2,26,27,28,29,31)/t18-/m0/s1. The van der Waals surface area contributed by atoms with Gasteiger partial charge in [0.15, 0.2) is 5.16 Å². The van der Waals surface area contributed by atoms with Crippen LogP contribution >= 0.6 is 11.8 Å². The lowest BCUT2D eigenvalue weighted by Gasteiger charge is -2.23. The third-order valence-electron chi connectivity index (χ3n) is 5.21. The maximum absolute atomic E-state index is 13.0.